The van der Waals surface area contributed by atoms with Crippen molar-refractivity contribution in [1.82, 2.24) is 34.3 Å². The van der Waals surface area contributed by atoms with Gasteiger partial charge in [0, 0.05) is 45.0 Å². The fraction of sp³-hybridized carbons (Fsp3) is 0.559. The van der Waals surface area contributed by atoms with E-state index < -0.39 is 17.6 Å². The summed E-state index contributed by atoms with van der Waals surface area (Å²) in [6, 6.07) is 3.20. The summed E-state index contributed by atoms with van der Waals surface area (Å²) in [7, 11) is 4.08. The molecule has 3 aromatic rings. The highest BCUT2D eigenvalue weighted by Gasteiger charge is 2.31. The minimum atomic E-state index is -4.50. The van der Waals surface area contributed by atoms with E-state index in [1.54, 1.807) is 4.57 Å². The van der Waals surface area contributed by atoms with Gasteiger partial charge in [-0.1, -0.05) is 13.0 Å². The Morgan fingerprint density at radius 3 is 2.52 bits per heavy atom. The molecule has 4 heterocycles. The molecule has 1 amide bonds. The first-order valence-corrected chi connectivity index (χ1v) is 17.1. The Hall–Kier alpha value is -4.44. The number of carbonyl (C=O) groups is 1. The van der Waals surface area contributed by atoms with Gasteiger partial charge in [-0.15, -0.1) is 5.10 Å². The van der Waals surface area contributed by atoms with Gasteiger partial charge in [-0.2, -0.15) is 22.7 Å². The molecular weight excluding hydrogens is 653 g/mol. The second kappa shape index (κ2) is 16.1. The van der Waals surface area contributed by atoms with E-state index in [0.29, 0.717) is 76.0 Å². The van der Waals surface area contributed by atoms with Gasteiger partial charge in [0.25, 0.3) is 5.56 Å². The number of alkyl halides is 3. The standard InChI is InChI=1S/C34H47F3N10O3/c1-6-27-29(44-15-17-45(18-16-44)32(38-7-2)39-13-8-14-43(4)5)31(49)47-33(41-30(42-47)24-11-19-50-20-12-24)46(27)22-28(48)40-26-10-9-25(21-23(26)3)34(35,36)37/h9-11,21H,6-8,12-20,22H2,1-5H3,(H,38,39)(H,40,48). The summed E-state index contributed by atoms with van der Waals surface area (Å²) in [6.45, 7) is 10.9. The number of aliphatic imine (C=N–C) groups is 1. The van der Waals surface area contributed by atoms with Crippen molar-refractivity contribution in [3.8, 4) is 0 Å². The molecule has 2 aromatic heterocycles. The van der Waals surface area contributed by atoms with Crippen molar-refractivity contribution in [2.75, 3.05) is 83.3 Å². The van der Waals surface area contributed by atoms with E-state index in [9.17, 15) is 22.8 Å². The van der Waals surface area contributed by atoms with Crippen molar-refractivity contribution in [2.24, 2.45) is 4.99 Å². The van der Waals surface area contributed by atoms with Crippen molar-refractivity contribution < 1.29 is 22.7 Å². The highest BCUT2D eigenvalue weighted by atomic mass is 19.4. The molecule has 2 aliphatic heterocycles. The number of aromatic nitrogens is 4. The lowest BCUT2D eigenvalue weighted by Crippen LogP contribution is -2.54. The number of nitrogens with zero attached hydrogens (tertiary/aromatic N) is 8. The van der Waals surface area contributed by atoms with Crippen LogP contribution in [-0.2, 0) is 28.7 Å². The van der Waals surface area contributed by atoms with Crippen LogP contribution in [0.1, 0.15) is 49.3 Å². The topological polar surface area (TPSA) is 125 Å². The van der Waals surface area contributed by atoms with E-state index in [2.05, 4.69) is 25.5 Å². The van der Waals surface area contributed by atoms with Crippen LogP contribution in [-0.4, -0.2) is 114 Å². The predicted molar refractivity (Wildman–Crippen MR) is 188 cm³/mol. The van der Waals surface area contributed by atoms with Crippen LogP contribution in [0.4, 0.5) is 24.5 Å². The van der Waals surface area contributed by atoms with Gasteiger partial charge in [0.05, 0.1) is 24.5 Å². The van der Waals surface area contributed by atoms with Crippen LogP contribution in [0, 0.1) is 6.92 Å². The molecule has 1 saturated heterocycles. The number of hydrogen-bond donors (Lipinski definition) is 2. The molecule has 5 rings (SSSR count). The molecule has 0 saturated carbocycles. The Labute approximate surface area is 289 Å². The van der Waals surface area contributed by atoms with E-state index in [1.165, 1.54) is 17.5 Å². The molecule has 1 aromatic carbocycles. The maximum atomic E-state index is 14.3. The zero-order valence-corrected chi connectivity index (χ0v) is 29.4. The molecule has 0 spiro atoms. The first-order chi connectivity index (χ1) is 23.9. The zero-order valence-electron chi connectivity index (χ0n) is 29.4. The number of halogens is 3. The van der Waals surface area contributed by atoms with Gasteiger partial charge in [0.2, 0.25) is 11.7 Å². The normalized spacial score (nSPS) is 15.9. The van der Waals surface area contributed by atoms with E-state index >= 15 is 0 Å². The van der Waals surface area contributed by atoms with Crippen LogP contribution in [0.2, 0.25) is 0 Å². The van der Waals surface area contributed by atoms with Gasteiger partial charge in [0.15, 0.2) is 11.8 Å². The van der Waals surface area contributed by atoms with Crippen molar-refractivity contribution >= 4 is 34.6 Å². The van der Waals surface area contributed by atoms with Gasteiger partial charge in [0.1, 0.15) is 12.2 Å². The first-order valence-electron chi connectivity index (χ1n) is 17.1. The van der Waals surface area contributed by atoms with Gasteiger partial charge >= 0.3 is 6.18 Å². The molecule has 0 aliphatic carbocycles. The Kier molecular flexibility index (Phi) is 11.8. The first kappa shape index (κ1) is 36.8. The highest BCUT2D eigenvalue weighted by Crippen LogP contribution is 2.32. The number of ether oxygens (including phenoxy) is 1. The van der Waals surface area contributed by atoms with Gasteiger partial charge in [-0.05, 0) is 83.1 Å². The summed E-state index contributed by atoms with van der Waals surface area (Å²) in [5, 5.41) is 10.8. The lowest BCUT2D eigenvalue weighted by Gasteiger charge is -2.38. The van der Waals surface area contributed by atoms with E-state index in [1.807, 2.05) is 38.9 Å². The van der Waals surface area contributed by atoms with Gasteiger partial charge < -0.3 is 34.6 Å². The molecule has 0 atom stereocenters. The molecule has 272 valence electrons. The zero-order chi connectivity index (χ0) is 36.0. The third-order valence-electron chi connectivity index (χ3n) is 8.80. The minimum absolute atomic E-state index is 0.218. The number of benzene rings is 1. The number of amides is 1. The molecule has 1 fully saturated rings. The molecule has 2 aliphatic rings. The molecule has 0 radical (unpaired) electrons. The summed E-state index contributed by atoms with van der Waals surface area (Å²) in [4.78, 5) is 43.8. The van der Waals surface area contributed by atoms with E-state index in [0.717, 1.165) is 43.2 Å². The van der Waals surface area contributed by atoms with E-state index in [4.69, 9.17) is 14.7 Å². The third kappa shape index (κ3) is 8.46. The van der Waals surface area contributed by atoms with Crippen LogP contribution in [0.15, 0.2) is 34.1 Å². The predicted octanol–water partition coefficient (Wildman–Crippen LogP) is 3.26. The smallest absolute Gasteiger partial charge is 0.377 e. The lowest BCUT2D eigenvalue weighted by molar-refractivity contribution is -0.137. The summed E-state index contributed by atoms with van der Waals surface area (Å²) in [5.41, 5.74) is 1.36. The largest absolute Gasteiger partial charge is 0.416 e. The van der Waals surface area contributed by atoms with Crippen LogP contribution >= 0.6 is 0 Å². The SMILES string of the molecule is CCNC(=NCCCN(C)C)N1CCN(c2c(CC)n(CC(=O)Nc3ccc(C(F)(F)F)cc3C)c3nc(C4=CCOCC4)nn3c2=O)CC1. The van der Waals surface area contributed by atoms with Crippen LogP contribution in [0.3, 0.4) is 0 Å². The number of nitrogens with one attached hydrogen (secondary N) is 2. The molecule has 0 unspecified atom stereocenters. The summed E-state index contributed by atoms with van der Waals surface area (Å²) in [6.07, 6.45) is -0.665. The fourth-order valence-electron chi connectivity index (χ4n) is 6.25. The third-order valence-corrected chi connectivity index (χ3v) is 8.80. The van der Waals surface area contributed by atoms with Crippen LogP contribution in [0.5, 0.6) is 0 Å². The number of fused-ring (bicyclic) bond motifs is 1. The number of aryl methyl sites for hydroxylation is 1. The Bertz CT molecular complexity index is 1790. The monoisotopic (exact) mass is 700 g/mol. The average Bonchev–Trinajstić information content (AvgIpc) is 3.54. The highest BCUT2D eigenvalue weighted by molar-refractivity contribution is 5.91. The van der Waals surface area contributed by atoms with Crippen molar-refractivity contribution in [3.63, 3.8) is 0 Å². The van der Waals surface area contributed by atoms with Crippen molar-refractivity contribution in [2.45, 2.75) is 52.8 Å². The summed E-state index contributed by atoms with van der Waals surface area (Å²) < 4.78 is 48.2. The Morgan fingerprint density at radius 2 is 1.90 bits per heavy atom. The average molecular weight is 701 g/mol. The van der Waals surface area contributed by atoms with Crippen molar-refractivity contribution in [1.29, 1.82) is 0 Å². The molecule has 13 nitrogen and oxygen atoms in total. The maximum absolute atomic E-state index is 14.3. The number of guanidine groups is 1. The number of piperazine rings is 1. The second-order valence-corrected chi connectivity index (χ2v) is 12.7. The molecule has 50 heavy (non-hydrogen) atoms. The number of carbonyl (C=O) groups excluding carboxylic acids is 1. The van der Waals surface area contributed by atoms with Crippen molar-refractivity contribution in [3.05, 3.63) is 57.3 Å². The number of rotatable bonds is 11. The quantitative estimate of drug-likeness (QED) is 0.176. The Morgan fingerprint density at radius 1 is 1.14 bits per heavy atom. The number of hydrogen-bond acceptors (Lipinski definition) is 8. The second-order valence-electron chi connectivity index (χ2n) is 12.7. The molecule has 16 heteroatoms. The van der Waals surface area contributed by atoms with Crippen LogP contribution < -0.4 is 21.1 Å². The van der Waals surface area contributed by atoms with Crippen LogP contribution in [0.25, 0.3) is 11.4 Å². The maximum Gasteiger partial charge on any atom is 0.416 e. The fourth-order valence-corrected chi connectivity index (χ4v) is 6.25. The minimum Gasteiger partial charge on any atom is -0.377 e. The molecule has 0 bridgehead atoms. The molecule has 2 N–H and O–H groups in total. The number of anilines is 2. The molecular formula is C34H47F3N10O3. The van der Waals surface area contributed by atoms with Gasteiger partial charge in [-0.3, -0.25) is 14.6 Å². The van der Waals surface area contributed by atoms with E-state index in [-0.39, 0.29) is 29.1 Å². The van der Waals surface area contributed by atoms with Gasteiger partial charge in [-0.25, -0.2) is 0 Å². The summed E-state index contributed by atoms with van der Waals surface area (Å²) in [5.74, 6) is 0.980. The Balaban J connectivity index is 1.47. The summed E-state index contributed by atoms with van der Waals surface area (Å²) >= 11 is 0. The lowest BCUT2D eigenvalue weighted by atomic mass is 10.1.